The zero-order valence-corrected chi connectivity index (χ0v) is 12.6. The highest BCUT2D eigenvalue weighted by atomic mass is 16.6. The van der Waals surface area contributed by atoms with Crippen LogP contribution in [-0.2, 0) is 0 Å². The van der Waals surface area contributed by atoms with Gasteiger partial charge < -0.3 is 0 Å². The van der Waals surface area contributed by atoms with Crippen molar-refractivity contribution >= 4 is 17.3 Å². The molecule has 2 aliphatic rings. The minimum Gasteiger partial charge on any atom is -0.293 e. The van der Waals surface area contributed by atoms with Gasteiger partial charge in [-0.2, -0.15) is 0 Å². The number of rotatable bonds is 3. The third kappa shape index (κ3) is 1.76. The van der Waals surface area contributed by atoms with Gasteiger partial charge in [0.2, 0.25) is 6.04 Å². The number of non-ortho nitro benzene ring substituents is 1. The van der Waals surface area contributed by atoms with Crippen LogP contribution in [0.4, 0.5) is 5.69 Å². The molecule has 1 fully saturated rings. The second kappa shape index (κ2) is 4.79. The molecule has 0 N–H and O–H groups in total. The summed E-state index contributed by atoms with van der Waals surface area (Å²) in [6.07, 6.45) is 0. The zero-order chi connectivity index (χ0) is 17.9. The molecule has 0 heterocycles. The van der Waals surface area contributed by atoms with Crippen molar-refractivity contribution in [2.45, 2.75) is 12.0 Å². The highest BCUT2D eigenvalue weighted by molar-refractivity contribution is 6.33. The zero-order valence-electron chi connectivity index (χ0n) is 12.6. The highest BCUT2D eigenvalue weighted by Crippen LogP contribution is 2.66. The van der Waals surface area contributed by atoms with Gasteiger partial charge in [0.1, 0.15) is 0 Å². The number of fused-ring (bicyclic) bond motifs is 1. The maximum atomic E-state index is 12.8. The molecule has 2 atom stereocenters. The van der Waals surface area contributed by atoms with E-state index in [-0.39, 0.29) is 22.4 Å². The van der Waals surface area contributed by atoms with E-state index in [1.54, 1.807) is 12.1 Å². The third-order valence-corrected chi connectivity index (χ3v) is 5.00. The lowest BCUT2D eigenvalue weighted by molar-refractivity contribution is -0.500. The molecule has 2 aromatic carbocycles. The summed E-state index contributed by atoms with van der Waals surface area (Å²) < 4.78 is 0. The normalized spacial score (nSPS) is 22.7. The summed E-state index contributed by atoms with van der Waals surface area (Å²) in [5.74, 6) is -2.16. The molecule has 0 bridgehead atoms. The molecule has 1 spiro atoms. The van der Waals surface area contributed by atoms with Gasteiger partial charge in [-0.15, -0.1) is 0 Å². The maximum Gasteiger partial charge on any atom is 0.269 e. The molecule has 0 aromatic heterocycles. The SMILES string of the molecule is O=C1c2ccccc2C(=O)C12C(c1cccc([N+](=O)[O-])c1)C2[N+](=O)[O-]. The van der Waals surface area contributed by atoms with Crippen LogP contribution in [0.25, 0.3) is 0 Å². The van der Waals surface area contributed by atoms with Crippen molar-refractivity contribution in [1.29, 1.82) is 0 Å². The Morgan fingerprint density at radius 1 is 0.880 bits per heavy atom. The van der Waals surface area contributed by atoms with E-state index in [2.05, 4.69) is 0 Å². The van der Waals surface area contributed by atoms with Crippen molar-refractivity contribution < 1.29 is 19.4 Å². The molecule has 2 unspecified atom stereocenters. The number of hydrogen-bond acceptors (Lipinski definition) is 6. The molecular weight excluding hydrogens is 328 g/mol. The average Bonchev–Trinajstić information content (AvgIpc) is 3.27. The molecule has 0 aliphatic heterocycles. The predicted octanol–water partition coefficient (Wildman–Crippen LogP) is 2.40. The molecule has 4 rings (SSSR count). The predicted molar refractivity (Wildman–Crippen MR) is 84.2 cm³/mol. The minimum absolute atomic E-state index is 0.173. The molecule has 2 aliphatic carbocycles. The Hall–Kier alpha value is -3.42. The molecule has 8 nitrogen and oxygen atoms in total. The number of carbonyl (C=O) groups is 2. The molecule has 0 saturated heterocycles. The van der Waals surface area contributed by atoms with E-state index in [1.165, 1.54) is 36.4 Å². The Balaban J connectivity index is 1.87. The van der Waals surface area contributed by atoms with E-state index in [0.29, 0.717) is 0 Å². The van der Waals surface area contributed by atoms with Crippen LogP contribution >= 0.6 is 0 Å². The van der Waals surface area contributed by atoms with E-state index in [1.807, 2.05) is 0 Å². The van der Waals surface area contributed by atoms with Gasteiger partial charge in [-0.25, -0.2) is 0 Å². The van der Waals surface area contributed by atoms with Gasteiger partial charge in [-0.05, 0) is 5.56 Å². The lowest BCUT2D eigenvalue weighted by Gasteiger charge is -2.03. The number of nitro groups is 2. The lowest BCUT2D eigenvalue weighted by Crippen LogP contribution is -2.25. The molecule has 0 radical (unpaired) electrons. The monoisotopic (exact) mass is 338 g/mol. The van der Waals surface area contributed by atoms with Gasteiger partial charge in [-0.3, -0.25) is 29.8 Å². The van der Waals surface area contributed by atoms with Crippen LogP contribution in [0.3, 0.4) is 0 Å². The smallest absolute Gasteiger partial charge is 0.269 e. The minimum atomic E-state index is -1.79. The fourth-order valence-corrected chi connectivity index (χ4v) is 3.91. The van der Waals surface area contributed by atoms with Gasteiger partial charge >= 0.3 is 0 Å². The fourth-order valence-electron chi connectivity index (χ4n) is 3.91. The topological polar surface area (TPSA) is 120 Å². The van der Waals surface area contributed by atoms with Crippen LogP contribution < -0.4 is 0 Å². The molecular formula is C17H10N2O6. The van der Waals surface area contributed by atoms with Crippen LogP contribution in [0.2, 0.25) is 0 Å². The third-order valence-electron chi connectivity index (χ3n) is 5.00. The van der Waals surface area contributed by atoms with E-state index in [4.69, 9.17) is 0 Å². The number of hydrogen-bond donors (Lipinski definition) is 0. The van der Waals surface area contributed by atoms with Crippen molar-refractivity contribution in [1.82, 2.24) is 0 Å². The van der Waals surface area contributed by atoms with Gasteiger partial charge in [0.25, 0.3) is 5.69 Å². The first-order valence-electron chi connectivity index (χ1n) is 7.47. The van der Waals surface area contributed by atoms with Crippen LogP contribution in [0, 0.1) is 25.6 Å². The first-order chi connectivity index (χ1) is 11.9. The van der Waals surface area contributed by atoms with E-state index >= 15 is 0 Å². The van der Waals surface area contributed by atoms with Crippen molar-refractivity contribution in [3.05, 3.63) is 85.4 Å². The summed E-state index contributed by atoms with van der Waals surface area (Å²) in [5, 5.41) is 22.5. The van der Waals surface area contributed by atoms with E-state index in [0.717, 1.165) is 0 Å². The van der Waals surface area contributed by atoms with Crippen molar-refractivity contribution in [2.24, 2.45) is 5.41 Å². The second-order valence-electron chi connectivity index (χ2n) is 6.13. The number of Topliss-reactive ketones (excluding diaryl/α,β-unsaturated/α-hetero) is 2. The van der Waals surface area contributed by atoms with Gasteiger partial charge in [0.05, 0.1) is 10.8 Å². The fraction of sp³-hybridized carbons (Fsp3) is 0.176. The average molecular weight is 338 g/mol. The molecule has 124 valence electrons. The van der Waals surface area contributed by atoms with Gasteiger partial charge in [-0.1, -0.05) is 36.4 Å². The van der Waals surface area contributed by atoms with Crippen LogP contribution in [-0.4, -0.2) is 27.5 Å². The van der Waals surface area contributed by atoms with Gasteiger partial charge in [0, 0.05) is 28.2 Å². The second-order valence-corrected chi connectivity index (χ2v) is 6.13. The van der Waals surface area contributed by atoms with Crippen molar-refractivity contribution in [3.63, 3.8) is 0 Å². The van der Waals surface area contributed by atoms with E-state index in [9.17, 15) is 29.8 Å². The van der Waals surface area contributed by atoms with Crippen LogP contribution in [0.5, 0.6) is 0 Å². The first kappa shape index (κ1) is 15.1. The largest absolute Gasteiger partial charge is 0.293 e. The Bertz CT molecular complexity index is 948. The Morgan fingerprint density at radius 3 is 2.00 bits per heavy atom. The quantitative estimate of drug-likeness (QED) is 0.481. The summed E-state index contributed by atoms with van der Waals surface area (Å²) in [6.45, 7) is 0. The lowest BCUT2D eigenvalue weighted by atomic mass is 9.93. The molecule has 0 amide bonds. The Kier molecular flexibility index (Phi) is 2.90. The summed E-state index contributed by atoms with van der Waals surface area (Å²) in [6, 6.07) is 10.0. The number of nitro benzene ring substituents is 1. The summed E-state index contributed by atoms with van der Waals surface area (Å²) in [5.41, 5.74) is -1.43. The highest BCUT2D eigenvalue weighted by Gasteiger charge is 2.84. The van der Waals surface area contributed by atoms with Crippen molar-refractivity contribution in [3.8, 4) is 0 Å². The molecule has 1 saturated carbocycles. The summed E-state index contributed by atoms with van der Waals surface area (Å²) in [7, 11) is 0. The van der Waals surface area contributed by atoms with Crippen LogP contribution in [0.15, 0.2) is 48.5 Å². The number of benzene rings is 2. The van der Waals surface area contributed by atoms with Gasteiger partial charge in [0.15, 0.2) is 17.0 Å². The standard InChI is InChI=1S/C17H10N2O6/c20-15-11-6-1-2-7-12(11)16(21)17(15)13(14(17)19(24)25)9-4-3-5-10(8-9)18(22)23/h1-8,13-14H. The van der Waals surface area contributed by atoms with Crippen molar-refractivity contribution in [2.75, 3.05) is 0 Å². The molecule has 25 heavy (non-hydrogen) atoms. The maximum absolute atomic E-state index is 12.8. The first-order valence-corrected chi connectivity index (χ1v) is 7.47. The Morgan fingerprint density at radius 2 is 1.48 bits per heavy atom. The summed E-state index contributed by atoms with van der Waals surface area (Å²) >= 11 is 0. The number of carbonyl (C=O) groups excluding carboxylic acids is 2. The Labute approximate surface area is 140 Å². The van der Waals surface area contributed by atoms with E-state index < -0.39 is 38.8 Å². The summed E-state index contributed by atoms with van der Waals surface area (Å²) in [4.78, 5) is 47.0. The van der Waals surface area contributed by atoms with Crippen LogP contribution in [0.1, 0.15) is 32.2 Å². The molecule has 8 heteroatoms. The molecule has 2 aromatic rings. The number of ketones is 2. The number of nitrogens with zero attached hydrogens (tertiary/aromatic N) is 2.